The Bertz CT molecular complexity index is 725. The van der Waals surface area contributed by atoms with E-state index in [1.807, 2.05) is 0 Å². The lowest BCUT2D eigenvalue weighted by molar-refractivity contribution is -0.135. The second kappa shape index (κ2) is 5.43. The third-order valence-electron chi connectivity index (χ3n) is 3.68. The molecule has 0 atom stereocenters. The van der Waals surface area contributed by atoms with Gasteiger partial charge in [0.05, 0.1) is 5.52 Å². The van der Waals surface area contributed by atoms with E-state index in [0.717, 1.165) is 6.41 Å². The van der Waals surface area contributed by atoms with Crippen molar-refractivity contribution in [2.75, 3.05) is 26.2 Å². The molecule has 2 amide bonds. The van der Waals surface area contributed by atoms with E-state index in [1.54, 1.807) is 34.1 Å². The first-order valence-corrected chi connectivity index (χ1v) is 6.74. The van der Waals surface area contributed by atoms with Crippen LogP contribution in [0.3, 0.4) is 0 Å². The van der Waals surface area contributed by atoms with Crippen LogP contribution in [0.2, 0.25) is 0 Å². The smallest absolute Gasteiger partial charge is 0.408 e. The van der Waals surface area contributed by atoms with Crippen molar-refractivity contribution >= 4 is 23.4 Å². The first kappa shape index (κ1) is 13.4. The Morgan fingerprint density at radius 3 is 2.62 bits per heavy atom. The summed E-state index contributed by atoms with van der Waals surface area (Å²) in [5, 5.41) is 0. The van der Waals surface area contributed by atoms with Crippen LogP contribution in [-0.2, 0) is 16.1 Å². The van der Waals surface area contributed by atoms with Crippen LogP contribution < -0.4 is 5.76 Å². The molecule has 0 aliphatic carbocycles. The van der Waals surface area contributed by atoms with E-state index in [1.165, 1.54) is 4.57 Å². The van der Waals surface area contributed by atoms with E-state index >= 15 is 0 Å². The van der Waals surface area contributed by atoms with Gasteiger partial charge in [-0.2, -0.15) is 0 Å². The Hall–Kier alpha value is -2.57. The van der Waals surface area contributed by atoms with E-state index in [2.05, 4.69) is 0 Å². The Balaban J connectivity index is 1.76. The topological polar surface area (TPSA) is 75.8 Å². The molecular weight excluding hydrogens is 274 g/mol. The van der Waals surface area contributed by atoms with Crippen molar-refractivity contribution in [2.24, 2.45) is 0 Å². The summed E-state index contributed by atoms with van der Waals surface area (Å²) in [6, 6.07) is 7.01. The van der Waals surface area contributed by atoms with Crippen LogP contribution in [0.15, 0.2) is 33.5 Å². The summed E-state index contributed by atoms with van der Waals surface area (Å²) >= 11 is 0. The molecule has 0 saturated carbocycles. The van der Waals surface area contributed by atoms with Crippen molar-refractivity contribution in [3.63, 3.8) is 0 Å². The van der Waals surface area contributed by atoms with Gasteiger partial charge in [0.2, 0.25) is 12.3 Å². The Labute approximate surface area is 120 Å². The lowest BCUT2D eigenvalue weighted by Gasteiger charge is -2.32. The van der Waals surface area contributed by atoms with E-state index < -0.39 is 5.76 Å². The largest absolute Gasteiger partial charge is 0.420 e. The number of fused-ring (bicyclic) bond motifs is 1. The van der Waals surface area contributed by atoms with Gasteiger partial charge in [-0.15, -0.1) is 0 Å². The van der Waals surface area contributed by atoms with Gasteiger partial charge in [0.25, 0.3) is 0 Å². The number of oxazole rings is 1. The highest BCUT2D eigenvalue weighted by atomic mass is 16.4. The number of rotatable bonds is 3. The number of hydrogen-bond acceptors (Lipinski definition) is 4. The minimum atomic E-state index is -0.531. The van der Waals surface area contributed by atoms with E-state index in [-0.39, 0.29) is 12.5 Å². The molecule has 21 heavy (non-hydrogen) atoms. The van der Waals surface area contributed by atoms with Gasteiger partial charge in [-0.1, -0.05) is 12.1 Å². The average molecular weight is 289 g/mol. The zero-order valence-electron chi connectivity index (χ0n) is 11.4. The van der Waals surface area contributed by atoms with E-state index in [4.69, 9.17) is 4.42 Å². The van der Waals surface area contributed by atoms with Gasteiger partial charge in [0, 0.05) is 26.2 Å². The molecule has 7 heteroatoms. The highest BCUT2D eigenvalue weighted by Crippen LogP contribution is 2.12. The average Bonchev–Trinajstić information content (AvgIpc) is 2.83. The number of benzene rings is 1. The highest BCUT2D eigenvalue weighted by molar-refractivity contribution is 5.79. The maximum atomic E-state index is 12.3. The standard InChI is InChI=1S/C14H15N3O4/c18-10-15-5-7-16(8-6-15)13(19)9-17-11-3-1-2-4-12(11)21-14(17)20/h1-4,10H,5-9H2. The minimum Gasteiger partial charge on any atom is -0.408 e. The van der Waals surface area contributed by atoms with Crippen LogP contribution in [0.4, 0.5) is 0 Å². The quantitative estimate of drug-likeness (QED) is 0.739. The van der Waals surface area contributed by atoms with Crippen LogP contribution in [0.5, 0.6) is 0 Å². The number of carbonyl (C=O) groups excluding carboxylic acids is 2. The molecule has 2 aromatic rings. The summed E-state index contributed by atoms with van der Waals surface area (Å²) in [4.78, 5) is 38.0. The Kier molecular flexibility index (Phi) is 3.47. The number of amides is 2. The van der Waals surface area contributed by atoms with Crippen molar-refractivity contribution in [1.82, 2.24) is 14.4 Å². The van der Waals surface area contributed by atoms with Gasteiger partial charge in [0.15, 0.2) is 5.58 Å². The van der Waals surface area contributed by atoms with Crippen LogP contribution in [-0.4, -0.2) is 52.9 Å². The maximum absolute atomic E-state index is 12.3. The predicted octanol–water partition coefficient (Wildman–Crippen LogP) is -0.105. The van der Waals surface area contributed by atoms with E-state index in [9.17, 15) is 14.4 Å². The lowest BCUT2D eigenvalue weighted by atomic mass is 10.3. The van der Waals surface area contributed by atoms with Crippen LogP contribution in [0, 0.1) is 0 Å². The normalized spacial score (nSPS) is 15.4. The number of aromatic nitrogens is 1. The first-order valence-electron chi connectivity index (χ1n) is 6.74. The lowest BCUT2D eigenvalue weighted by Crippen LogP contribution is -2.49. The van der Waals surface area contributed by atoms with Crippen molar-refractivity contribution in [1.29, 1.82) is 0 Å². The van der Waals surface area contributed by atoms with Crippen molar-refractivity contribution in [2.45, 2.75) is 6.54 Å². The molecule has 0 unspecified atom stereocenters. The van der Waals surface area contributed by atoms with Gasteiger partial charge >= 0.3 is 5.76 Å². The van der Waals surface area contributed by atoms with Gasteiger partial charge < -0.3 is 14.2 Å². The fourth-order valence-corrected chi connectivity index (χ4v) is 2.48. The zero-order valence-corrected chi connectivity index (χ0v) is 11.4. The molecule has 7 nitrogen and oxygen atoms in total. The fourth-order valence-electron chi connectivity index (χ4n) is 2.48. The van der Waals surface area contributed by atoms with Gasteiger partial charge in [-0.3, -0.25) is 14.2 Å². The molecule has 0 bridgehead atoms. The second-order valence-corrected chi connectivity index (χ2v) is 4.94. The SMILES string of the molecule is O=CN1CCN(C(=O)Cn2c(=O)oc3ccccc32)CC1. The number of hydrogen-bond donors (Lipinski definition) is 0. The zero-order chi connectivity index (χ0) is 14.8. The molecule has 1 aliphatic rings. The Morgan fingerprint density at radius 1 is 1.19 bits per heavy atom. The van der Waals surface area contributed by atoms with Crippen molar-refractivity contribution < 1.29 is 14.0 Å². The number of nitrogens with zero attached hydrogens (tertiary/aromatic N) is 3. The van der Waals surface area contributed by atoms with Gasteiger partial charge in [0.1, 0.15) is 6.54 Å². The monoisotopic (exact) mass is 289 g/mol. The summed E-state index contributed by atoms with van der Waals surface area (Å²) in [5.41, 5.74) is 1.09. The van der Waals surface area contributed by atoms with Crippen LogP contribution in [0.1, 0.15) is 0 Å². The van der Waals surface area contributed by atoms with Crippen molar-refractivity contribution in [3.05, 3.63) is 34.8 Å². The summed E-state index contributed by atoms with van der Waals surface area (Å²) in [6.45, 7) is 1.98. The third kappa shape index (κ3) is 2.54. The molecule has 0 N–H and O–H groups in total. The van der Waals surface area contributed by atoms with E-state index in [0.29, 0.717) is 37.3 Å². The summed E-state index contributed by atoms with van der Waals surface area (Å²) in [5.74, 6) is -0.676. The van der Waals surface area contributed by atoms with Crippen LogP contribution >= 0.6 is 0 Å². The number of piperazine rings is 1. The molecule has 1 saturated heterocycles. The Morgan fingerprint density at radius 2 is 1.90 bits per heavy atom. The van der Waals surface area contributed by atoms with Crippen molar-refractivity contribution in [3.8, 4) is 0 Å². The molecule has 2 heterocycles. The van der Waals surface area contributed by atoms with Crippen LogP contribution in [0.25, 0.3) is 11.1 Å². The summed E-state index contributed by atoms with van der Waals surface area (Å²) in [6.07, 6.45) is 0.788. The second-order valence-electron chi connectivity index (χ2n) is 4.94. The van der Waals surface area contributed by atoms with Gasteiger partial charge in [-0.05, 0) is 12.1 Å². The fraction of sp³-hybridized carbons (Fsp3) is 0.357. The molecule has 1 aliphatic heterocycles. The molecule has 0 spiro atoms. The number of carbonyl (C=O) groups is 2. The molecule has 1 fully saturated rings. The van der Waals surface area contributed by atoms with Gasteiger partial charge in [-0.25, -0.2) is 4.79 Å². The predicted molar refractivity (Wildman–Crippen MR) is 74.7 cm³/mol. The summed E-state index contributed by atoms with van der Waals surface area (Å²) < 4.78 is 6.44. The maximum Gasteiger partial charge on any atom is 0.420 e. The summed E-state index contributed by atoms with van der Waals surface area (Å²) in [7, 11) is 0. The molecule has 110 valence electrons. The molecule has 0 radical (unpaired) electrons. The molecule has 1 aromatic heterocycles. The molecular formula is C14H15N3O4. The molecule has 3 rings (SSSR count). The third-order valence-corrected chi connectivity index (χ3v) is 3.68. The molecule has 1 aromatic carbocycles. The number of para-hydroxylation sites is 2. The highest BCUT2D eigenvalue weighted by Gasteiger charge is 2.21. The minimum absolute atomic E-state index is 0.0447. The first-order chi connectivity index (χ1) is 10.2.